The Morgan fingerprint density at radius 3 is 2.83 bits per heavy atom. The van der Waals surface area contributed by atoms with Crippen molar-refractivity contribution < 1.29 is 9.53 Å². The Morgan fingerprint density at radius 1 is 1.58 bits per heavy atom. The van der Waals surface area contributed by atoms with E-state index >= 15 is 0 Å². The van der Waals surface area contributed by atoms with Gasteiger partial charge in [-0.15, -0.1) is 0 Å². The predicted molar refractivity (Wildman–Crippen MR) is 43.2 cm³/mol. The maximum atomic E-state index is 10.8. The van der Waals surface area contributed by atoms with Crippen molar-refractivity contribution in [2.24, 2.45) is 5.73 Å². The molecule has 0 amide bonds. The third-order valence-electron chi connectivity index (χ3n) is 1.10. The highest BCUT2D eigenvalue weighted by molar-refractivity contribution is 5.88. The fourth-order valence-corrected chi connectivity index (χ4v) is 0.568. The van der Waals surface area contributed by atoms with E-state index in [9.17, 15) is 4.79 Å². The van der Waals surface area contributed by atoms with Crippen LogP contribution in [0.1, 0.15) is 0 Å². The molecule has 1 heterocycles. The average Bonchev–Trinajstić information content (AvgIpc) is 2.06. The quantitative estimate of drug-likeness (QED) is 0.509. The predicted octanol–water partition coefficient (Wildman–Crippen LogP) is 0.459. The van der Waals surface area contributed by atoms with Crippen molar-refractivity contribution in [1.29, 1.82) is 0 Å². The molecule has 0 bridgehead atoms. The van der Waals surface area contributed by atoms with Gasteiger partial charge in [-0.05, 0) is 6.07 Å². The number of hydrogen-bond acceptors (Lipinski definition) is 4. The zero-order chi connectivity index (χ0) is 8.97. The van der Waals surface area contributed by atoms with Crippen LogP contribution in [0.3, 0.4) is 0 Å². The SMILES string of the molecule is C=C(N)C(=O)Oc1ccccn1. The standard InChI is InChI=1S/C8H8N2O2/c1-6(9)8(11)12-7-4-2-3-5-10-7/h2-5H,1,9H2. The van der Waals surface area contributed by atoms with Crippen LogP contribution < -0.4 is 10.5 Å². The summed E-state index contributed by atoms with van der Waals surface area (Å²) in [7, 11) is 0. The molecule has 0 saturated carbocycles. The van der Waals surface area contributed by atoms with Crippen LogP contribution in [-0.4, -0.2) is 11.0 Å². The van der Waals surface area contributed by atoms with Crippen LogP contribution in [0.15, 0.2) is 36.7 Å². The summed E-state index contributed by atoms with van der Waals surface area (Å²) in [5, 5.41) is 0. The van der Waals surface area contributed by atoms with Crippen molar-refractivity contribution >= 4 is 5.97 Å². The summed E-state index contributed by atoms with van der Waals surface area (Å²) in [5.74, 6) is -0.456. The first-order chi connectivity index (χ1) is 5.70. The Hall–Kier alpha value is -1.84. The average molecular weight is 164 g/mol. The number of nitrogens with two attached hydrogens (primary N) is 1. The third kappa shape index (κ3) is 2.09. The minimum Gasteiger partial charge on any atom is -0.403 e. The molecule has 1 aromatic heterocycles. The third-order valence-corrected chi connectivity index (χ3v) is 1.10. The van der Waals surface area contributed by atoms with Crippen LogP contribution in [0, 0.1) is 0 Å². The molecular weight excluding hydrogens is 156 g/mol. The fourth-order valence-electron chi connectivity index (χ4n) is 0.568. The normalized spacial score (nSPS) is 9.00. The van der Waals surface area contributed by atoms with Gasteiger partial charge in [-0.1, -0.05) is 12.6 Å². The second-order valence-electron chi connectivity index (χ2n) is 2.08. The number of nitrogens with zero attached hydrogens (tertiary/aromatic N) is 1. The summed E-state index contributed by atoms with van der Waals surface area (Å²) in [5.41, 5.74) is 4.95. The maximum absolute atomic E-state index is 10.8. The second kappa shape index (κ2) is 3.52. The number of carbonyl (C=O) groups excluding carboxylic acids is 1. The molecular formula is C8H8N2O2. The molecule has 0 aliphatic carbocycles. The van der Waals surface area contributed by atoms with Crippen LogP contribution in [0.25, 0.3) is 0 Å². The van der Waals surface area contributed by atoms with Crippen LogP contribution in [0.2, 0.25) is 0 Å². The largest absolute Gasteiger partial charge is 0.403 e. The van der Waals surface area contributed by atoms with Crippen LogP contribution >= 0.6 is 0 Å². The van der Waals surface area contributed by atoms with Gasteiger partial charge >= 0.3 is 5.97 Å². The number of aromatic nitrogens is 1. The van der Waals surface area contributed by atoms with Gasteiger partial charge in [0.15, 0.2) is 0 Å². The van der Waals surface area contributed by atoms with Gasteiger partial charge in [0.2, 0.25) is 5.88 Å². The molecule has 0 saturated heterocycles. The Labute approximate surface area is 69.7 Å². The van der Waals surface area contributed by atoms with Gasteiger partial charge in [0, 0.05) is 12.3 Å². The summed E-state index contributed by atoms with van der Waals surface area (Å²) in [4.78, 5) is 14.6. The lowest BCUT2D eigenvalue weighted by molar-refractivity contribution is -0.130. The van der Waals surface area contributed by atoms with Crippen LogP contribution in [0.4, 0.5) is 0 Å². The lowest BCUT2D eigenvalue weighted by Gasteiger charge is -2.00. The van der Waals surface area contributed by atoms with Gasteiger partial charge < -0.3 is 10.5 Å². The lowest BCUT2D eigenvalue weighted by atomic mass is 10.5. The van der Waals surface area contributed by atoms with E-state index in [4.69, 9.17) is 10.5 Å². The van der Waals surface area contributed by atoms with E-state index < -0.39 is 5.97 Å². The van der Waals surface area contributed by atoms with Crippen molar-refractivity contribution in [3.8, 4) is 5.88 Å². The Kier molecular flexibility index (Phi) is 2.42. The molecule has 1 aromatic rings. The number of pyridine rings is 1. The van der Waals surface area contributed by atoms with Gasteiger partial charge in [0.25, 0.3) is 0 Å². The molecule has 4 nitrogen and oxygen atoms in total. The first-order valence-electron chi connectivity index (χ1n) is 3.28. The first-order valence-corrected chi connectivity index (χ1v) is 3.28. The number of carbonyl (C=O) groups is 1. The molecule has 0 aromatic carbocycles. The minimum atomic E-state index is -0.672. The highest BCUT2D eigenvalue weighted by Crippen LogP contribution is 2.03. The molecule has 0 aliphatic rings. The molecule has 0 spiro atoms. The van der Waals surface area contributed by atoms with Gasteiger partial charge in [0.05, 0.1) is 0 Å². The summed E-state index contributed by atoms with van der Waals surface area (Å²) < 4.78 is 4.70. The zero-order valence-electron chi connectivity index (χ0n) is 6.36. The van der Waals surface area contributed by atoms with Crippen molar-refractivity contribution in [2.45, 2.75) is 0 Å². The summed E-state index contributed by atoms with van der Waals surface area (Å²) in [6.07, 6.45) is 1.52. The number of ether oxygens (including phenoxy) is 1. The molecule has 0 radical (unpaired) electrons. The summed E-state index contributed by atoms with van der Waals surface area (Å²) >= 11 is 0. The van der Waals surface area contributed by atoms with E-state index in [1.165, 1.54) is 6.20 Å². The molecule has 0 unspecified atom stereocenters. The van der Waals surface area contributed by atoms with Gasteiger partial charge in [-0.25, -0.2) is 9.78 Å². The molecule has 4 heteroatoms. The number of rotatable bonds is 2. The second-order valence-corrected chi connectivity index (χ2v) is 2.08. The van der Waals surface area contributed by atoms with Gasteiger partial charge in [-0.3, -0.25) is 0 Å². The molecule has 12 heavy (non-hydrogen) atoms. The topological polar surface area (TPSA) is 65.2 Å². The Bertz CT molecular complexity index is 295. The molecule has 2 N–H and O–H groups in total. The van der Waals surface area contributed by atoms with Crippen LogP contribution in [-0.2, 0) is 4.79 Å². The summed E-state index contributed by atoms with van der Waals surface area (Å²) in [6, 6.07) is 4.98. The van der Waals surface area contributed by atoms with E-state index in [0.717, 1.165) is 0 Å². The highest BCUT2D eigenvalue weighted by atomic mass is 16.5. The van der Waals surface area contributed by atoms with Crippen LogP contribution in [0.5, 0.6) is 5.88 Å². The van der Waals surface area contributed by atoms with Crippen molar-refractivity contribution in [3.05, 3.63) is 36.7 Å². The van der Waals surface area contributed by atoms with Crippen molar-refractivity contribution in [1.82, 2.24) is 4.98 Å². The summed E-state index contributed by atoms with van der Waals surface area (Å²) in [6.45, 7) is 3.23. The number of esters is 1. The van der Waals surface area contributed by atoms with E-state index in [-0.39, 0.29) is 11.6 Å². The van der Waals surface area contributed by atoms with E-state index in [1.807, 2.05) is 0 Å². The van der Waals surface area contributed by atoms with E-state index in [0.29, 0.717) is 0 Å². The first kappa shape index (κ1) is 8.26. The zero-order valence-corrected chi connectivity index (χ0v) is 6.36. The van der Waals surface area contributed by atoms with Crippen molar-refractivity contribution in [3.63, 3.8) is 0 Å². The molecule has 0 aliphatic heterocycles. The lowest BCUT2D eigenvalue weighted by Crippen LogP contribution is -2.16. The van der Waals surface area contributed by atoms with Crippen molar-refractivity contribution in [2.75, 3.05) is 0 Å². The van der Waals surface area contributed by atoms with E-state index in [2.05, 4.69) is 11.6 Å². The monoisotopic (exact) mass is 164 g/mol. The fraction of sp³-hybridized carbons (Fsp3) is 0. The molecule has 0 atom stereocenters. The minimum absolute atomic E-state index is 0.138. The smallest absolute Gasteiger partial charge is 0.360 e. The highest BCUT2D eigenvalue weighted by Gasteiger charge is 2.05. The molecule has 1 rings (SSSR count). The molecule has 62 valence electrons. The van der Waals surface area contributed by atoms with E-state index in [1.54, 1.807) is 18.2 Å². The molecule has 0 fully saturated rings. The Morgan fingerprint density at radius 2 is 2.33 bits per heavy atom. The maximum Gasteiger partial charge on any atom is 0.360 e. The van der Waals surface area contributed by atoms with Gasteiger partial charge in [-0.2, -0.15) is 0 Å². The number of hydrogen-bond donors (Lipinski definition) is 1. The van der Waals surface area contributed by atoms with Gasteiger partial charge in [0.1, 0.15) is 5.70 Å². The Balaban J connectivity index is 2.65.